The van der Waals surface area contributed by atoms with Gasteiger partial charge < -0.3 is 19.5 Å². The zero-order chi connectivity index (χ0) is 17.4. The Hall–Kier alpha value is -2.95. The summed E-state index contributed by atoms with van der Waals surface area (Å²) in [5.41, 5.74) is 1.70. The maximum absolute atomic E-state index is 12.0. The van der Waals surface area contributed by atoms with E-state index in [0.717, 1.165) is 5.56 Å². The molecule has 2 aromatic rings. The number of carbonyl (C=O) groups is 1. The van der Waals surface area contributed by atoms with E-state index in [-0.39, 0.29) is 12.5 Å². The molecule has 0 aliphatic heterocycles. The summed E-state index contributed by atoms with van der Waals surface area (Å²) in [4.78, 5) is 12.0. The first-order valence-electron chi connectivity index (χ1n) is 7.53. The van der Waals surface area contributed by atoms with Gasteiger partial charge in [0.1, 0.15) is 12.4 Å². The van der Waals surface area contributed by atoms with Gasteiger partial charge in [-0.15, -0.1) is 0 Å². The predicted octanol–water partition coefficient (Wildman–Crippen LogP) is 3.59. The van der Waals surface area contributed by atoms with Crippen molar-refractivity contribution in [2.75, 3.05) is 25.6 Å². The van der Waals surface area contributed by atoms with Gasteiger partial charge in [-0.05, 0) is 36.8 Å². The summed E-state index contributed by atoms with van der Waals surface area (Å²) < 4.78 is 16.2. The van der Waals surface area contributed by atoms with Crippen LogP contribution in [0.4, 0.5) is 5.69 Å². The fourth-order valence-electron chi connectivity index (χ4n) is 2.05. The second-order valence-corrected chi connectivity index (χ2v) is 5.12. The van der Waals surface area contributed by atoms with Crippen molar-refractivity contribution in [2.45, 2.75) is 6.92 Å². The standard InChI is InChI=1S/C19H21NO4/c1-4-10-23-16-7-5-6-15(12-16)20-19(21)13-24-17-9-8-14(2)11-18(17)22-3/h4-9,11-12H,1,10,13H2,2-3H3,(H,20,21). The van der Waals surface area contributed by atoms with Crippen molar-refractivity contribution in [3.8, 4) is 17.2 Å². The molecule has 1 amide bonds. The average Bonchev–Trinajstić information content (AvgIpc) is 2.59. The van der Waals surface area contributed by atoms with Crippen LogP contribution in [0, 0.1) is 6.92 Å². The number of hydrogen-bond acceptors (Lipinski definition) is 4. The van der Waals surface area contributed by atoms with Gasteiger partial charge in [0.2, 0.25) is 0 Å². The number of amides is 1. The maximum Gasteiger partial charge on any atom is 0.262 e. The van der Waals surface area contributed by atoms with Gasteiger partial charge in [0.15, 0.2) is 18.1 Å². The molecule has 0 fully saturated rings. The third-order valence-electron chi connectivity index (χ3n) is 3.16. The van der Waals surface area contributed by atoms with E-state index in [9.17, 15) is 4.79 Å². The summed E-state index contributed by atoms with van der Waals surface area (Å²) in [5.74, 6) is 1.52. The Bertz CT molecular complexity index is 712. The smallest absolute Gasteiger partial charge is 0.262 e. The number of ether oxygens (including phenoxy) is 3. The van der Waals surface area contributed by atoms with Crippen molar-refractivity contribution in [1.82, 2.24) is 0 Å². The van der Waals surface area contributed by atoms with Crippen molar-refractivity contribution in [3.05, 3.63) is 60.7 Å². The number of anilines is 1. The van der Waals surface area contributed by atoms with Crippen LogP contribution in [-0.2, 0) is 4.79 Å². The molecule has 126 valence electrons. The summed E-state index contributed by atoms with van der Waals surface area (Å²) in [6.45, 7) is 5.85. The van der Waals surface area contributed by atoms with Gasteiger partial charge in [-0.1, -0.05) is 24.8 Å². The van der Waals surface area contributed by atoms with E-state index in [1.165, 1.54) is 0 Å². The lowest BCUT2D eigenvalue weighted by molar-refractivity contribution is -0.118. The van der Waals surface area contributed by atoms with E-state index in [1.54, 1.807) is 37.5 Å². The van der Waals surface area contributed by atoms with Crippen LogP contribution in [0.25, 0.3) is 0 Å². The summed E-state index contributed by atoms with van der Waals surface area (Å²) in [5, 5.41) is 2.77. The molecule has 0 saturated heterocycles. The van der Waals surface area contributed by atoms with Gasteiger partial charge in [-0.2, -0.15) is 0 Å². The molecule has 5 heteroatoms. The molecule has 0 bridgehead atoms. The lowest BCUT2D eigenvalue weighted by Gasteiger charge is -2.12. The molecule has 2 aromatic carbocycles. The minimum Gasteiger partial charge on any atom is -0.493 e. The number of nitrogens with one attached hydrogen (secondary N) is 1. The fraction of sp³-hybridized carbons (Fsp3) is 0.211. The highest BCUT2D eigenvalue weighted by atomic mass is 16.5. The van der Waals surface area contributed by atoms with Crippen LogP contribution in [0.1, 0.15) is 5.56 Å². The minimum absolute atomic E-state index is 0.114. The Kier molecular flexibility index (Phi) is 6.25. The van der Waals surface area contributed by atoms with Gasteiger partial charge in [-0.3, -0.25) is 4.79 Å². The van der Waals surface area contributed by atoms with Crippen LogP contribution in [-0.4, -0.2) is 26.2 Å². The number of hydrogen-bond donors (Lipinski definition) is 1. The maximum atomic E-state index is 12.0. The SMILES string of the molecule is C=CCOc1cccc(NC(=O)COc2ccc(C)cc2OC)c1. The molecule has 0 radical (unpaired) electrons. The number of carbonyl (C=O) groups excluding carboxylic acids is 1. The van der Waals surface area contributed by atoms with Crippen LogP contribution in [0.5, 0.6) is 17.2 Å². The number of benzene rings is 2. The number of aryl methyl sites for hydroxylation is 1. The van der Waals surface area contributed by atoms with E-state index >= 15 is 0 Å². The highest BCUT2D eigenvalue weighted by molar-refractivity contribution is 5.92. The Morgan fingerprint density at radius 3 is 2.75 bits per heavy atom. The molecule has 1 N–H and O–H groups in total. The van der Waals surface area contributed by atoms with Gasteiger partial charge in [0.05, 0.1) is 7.11 Å². The molecule has 0 aromatic heterocycles. The molecular weight excluding hydrogens is 306 g/mol. The summed E-state index contributed by atoms with van der Waals surface area (Å²) in [7, 11) is 1.57. The van der Waals surface area contributed by atoms with E-state index in [1.807, 2.05) is 25.1 Å². The van der Waals surface area contributed by atoms with Crippen LogP contribution < -0.4 is 19.5 Å². The highest BCUT2D eigenvalue weighted by Gasteiger charge is 2.08. The highest BCUT2D eigenvalue weighted by Crippen LogP contribution is 2.27. The predicted molar refractivity (Wildman–Crippen MR) is 94.0 cm³/mol. The zero-order valence-corrected chi connectivity index (χ0v) is 13.9. The normalized spacial score (nSPS) is 9.92. The zero-order valence-electron chi connectivity index (χ0n) is 13.9. The van der Waals surface area contributed by atoms with E-state index in [4.69, 9.17) is 14.2 Å². The van der Waals surface area contributed by atoms with Gasteiger partial charge in [0, 0.05) is 11.8 Å². The van der Waals surface area contributed by atoms with Gasteiger partial charge in [0.25, 0.3) is 5.91 Å². The van der Waals surface area contributed by atoms with Crippen molar-refractivity contribution >= 4 is 11.6 Å². The molecule has 0 heterocycles. The molecule has 0 saturated carbocycles. The lowest BCUT2D eigenvalue weighted by atomic mass is 10.2. The molecule has 0 unspecified atom stereocenters. The molecule has 0 aliphatic rings. The second kappa shape index (κ2) is 8.62. The van der Waals surface area contributed by atoms with Crippen LogP contribution in [0.2, 0.25) is 0 Å². The third-order valence-corrected chi connectivity index (χ3v) is 3.16. The van der Waals surface area contributed by atoms with E-state index in [0.29, 0.717) is 29.5 Å². The van der Waals surface area contributed by atoms with E-state index < -0.39 is 0 Å². The first-order valence-corrected chi connectivity index (χ1v) is 7.53. The Morgan fingerprint density at radius 2 is 2.00 bits per heavy atom. The lowest BCUT2D eigenvalue weighted by Crippen LogP contribution is -2.20. The van der Waals surface area contributed by atoms with Gasteiger partial charge in [-0.25, -0.2) is 0 Å². The topological polar surface area (TPSA) is 56.8 Å². The Morgan fingerprint density at radius 1 is 1.17 bits per heavy atom. The van der Waals surface area contributed by atoms with Crippen molar-refractivity contribution in [2.24, 2.45) is 0 Å². The van der Waals surface area contributed by atoms with Gasteiger partial charge >= 0.3 is 0 Å². The van der Waals surface area contributed by atoms with Crippen molar-refractivity contribution < 1.29 is 19.0 Å². The van der Waals surface area contributed by atoms with Crippen molar-refractivity contribution in [3.63, 3.8) is 0 Å². The molecule has 0 aliphatic carbocycles. The average molecular weight is 327 g/mol. The van der Waals surface area contributed by atoms with Crippen LogP contribution in [0.15, 0.2) is 55.1 Å². The molecule has 2 rings (SSSR count). The largest absolute Gasteiger partial charge is 0.493 e. The number of methoxy groups -OCH3 is 1. The molecule has 0 spiro atoms. The molecule has 0 atom stereocenters. The Balaban J connectivity index is 1.93. The summed E-state index contributed by atoms with van der Waals surface area (Å²) in [6.07, 6.45) is 1.66. The van der Waals surface area contributed by atoms with E-state index in [2.05, 4.69) is 11.9 Å². The van der Waals surface area contributed by atoms with Crippen LogP contribution >= 0.6 is 0 Å². The third kappa shape index (κ3) is 5.05. The molecular formula is C19H21NO4. The summed E-state index contributed by atoms with van der Waals surface area (Å²) >= 11 is 0. The van der Waals surface area contributed by atoms with Crippen LogP contribution in [0.3, 0.4) is 0 Å². The first-order chi connectivity index (χ1) is 11.6. The second-order valence-electron chi connectivity index (χ2n) is 5.12. The minimum atomic E-state index is -0.265. The summed E-state index contributed by atoms with van der Waals surface area (Å²) in [6, 6.07) is 12.7. The molecule has 5 nitrogen and oxygen atoms in total. The first kappa shape index (κ1) is 17.4. The number of rotatable bonds is 8. The monoisotopic (exact) mass is 327 g/mol. The fourth-order valence-corrected chi connectivity index (χ4v) is 2.05. The van der Waals surface area contributed by atoms with Crippen molar-refractivity contribution in [1.29, 1.82) is 0 Å². The molecule has 24 heavy (non-hydrogen) atoms. The Labute approximate surface area is 141 Å². The quantitative estimate of drug-likeness (QED) is 0.753.